The first kappa shape index (κ1) is 20.6. The minimum atomic E-state index is 0.0341. The van der Waals surface area contributed by atoms with Crippen molar-refractivity contribution in [3.63, 3.8) is 0 Å². The number of methoxy groups -OCH3 is 1. The predicted octanol–water partition coefficient (Wildman–Crippen LogP) is 4.42. The van der Waals surface area contributed by atoms with Crippen LogP contribution < -0.4 is 10.1 Å². The van der Waals surface area contributed by atoms with Gasteiger partial charge in [0, 0.05) is 43.5 Å². The van der Waals surface area contributed by atoms with Crippen molar-refractivity contribution in [2.75, 3.05) is 32.1 Å². The minimum absolute atomic E-state index is 0.0341. The van der Waals surface area contributed by atoms with Gasteiger partial charge in [-0.05, 0) is 62.1 Å². The van der Waals surface area contributed by atoms with Gasteiger partial charge in [-0.3, -0.25) is 9.78 Å². The first-order valence-electron chi connectivity index (χ1n) is 9.89. The zero-order chi connectivity index (χ0) is 19.8. The van der Waals surface area contributed by atoms with Gasteiger partial charge in [0.05, 0.1) is 12.1 Å². The molecule has 1 aliphatic heterocycles. The maximum atomic E-state index is 12.3. The Hall–Kier alpha value is -2.11. The normalized spacial score (nSPS) is 17.3. The van der Waals surface area contributed by atoms with Crippen molar-refractivity contribution in [3.05, 3.63) is 53.3 Å². The van der Waals surface area contributed by atoms with E-state index in [1.54, 1.807) is 19.2 Å². The molecule has 0 radical (unpaired) electrons. The van der Waals surface area contributed by atoms with Crippen LogP contribution in [0.25, 0.3) is 0 Å². The molecule has 0 unspecified atom stereocenters. The Bertz CT molecular complexity index is 770. The Morgan fingerprint density at radius 1 is 1.36 bits per heavy atom. The average Bonchev–Trinajstić information content (AvgIpc) is 2.72. The molecule has 1 aliphatic rings. The number of hydrogen-bond acceptors (Lipinski definition) is 4. The fraction of sp³-hybridized carbons (Fsp3) is 0.455. The maximum Gasteiger partial charge on any atom is 0.224 e. The van der Waals surface area contributed by atoms with Crippen LogP contribution in [0.4, 0.5) is 5.69 Å². The Labute approximate surface area is 172 Å². The molecule has 0 aliphatic carbocycles. The molecule has 2 heterocycles. The van der Waals surface area contributed by atoms with Gasteiger partial charge in [0.15, 0.2) is 0 Å². The molecule has 0 bridgehead atoms. The van der Waals surface area contributed by atoms with E-state index in [2.05, 4.69) is 21.3 Å². The van der Waals surface area contributed by atoms with Crippen molar-refractivity contribution in [3.8, 4) is 5.75 Å². The molecule has 1 aromatic carbocycles. The lowest BCUT2D eigenvalue weighted by Crippen LogP contribution is -2.37. The van der Waals surface area contributed by atoms with Gasteiger partial charge in [-0.2, -0.15) is 0 Å². The quantitative estimate of drug-likeness (QED) is 0.711. The van der Waals surface area contributed by atoms with Crippen LogP contribution in [0.5, 0.6) is 5.75 Å². The smallest absolute Gasteiger partial charge is 0.224 e. The molecule has 2 aromatic rings. The first-order valence-corrected chi connectivity index (χ1v) is 10.3. The van der Waals surface area contributed by atoms with E-state index in [1.165, 1.54) is 12.8 Å². The van der Waals surface area contributed by atoms with Crippen molar-refractivity contribution in [2.24, 2.45) is 5.92 Å². The summed E-state index contributed by atoms with van der Waals surface area (Å²) < 4.78 is 5.14. The topological polar surface area (TPSA) is 54.5 Å². The lowest BCUT2D eigenvalue weighted by molar-refractivity contribution is -0.116. The second kappa shape index (κ2) is 10.4. The molecule has 5 nitrogen and oxygen atoms in total. The second-order valence-electron chi connectivity index (χ2n) is 7.32. The molecule has 1 amide bonds. The summed E-state index contributed by atoms with van der Waals surface area (Å²) in [5.41, 5.74) is 1.85. The fourth-order valence-electron chi connectivity index (χ4n) is 3.71. The molecule has 3 rings (SSSR count). The number of likely N-dealkylation sites (tertiary alicyclic amines) is 1. The summed E-state index contributed by atoms with van der Waals surface area (Å²) in [4.78, 5) is 19.2. The number of aromatic nitrogens is 1. The number of halogens is 1. The number of nitrogens with one attached hydrogen (secondary N) is 1. The standard InChI is InChI=1S/C22H28ClN3O2/c1-28-21-9-8-19(15-20(21)23)25-22(27)10-7-17-5-4-13-26(16-17)14-11-18-6-2-3-12-24-18/h2-3,6,8-9,12,15,17H,4-5,7,10-11,13-14,16H2,1H3,(H,25,27)/t17-/m1/s1. The highest BCUT2D eigenvalue weighted by atomic mass is 35.5. The summed E-state index contributed by atoms with van der Waals surface area (Å²) in [6.07, 6.45) is 6.66. The van der Waals surface area contributed by atoms with Crippen LogP contribution in [0.3, 0.4) is 0 Å². The molecule has 1 atom stereocenters. The van der Waals surface area contributed by atoms with E-state index in [0.29, 0.717) is 28.8 Å². The van der Waals surface area contributed by atoms with Crippen LogP contribution in [0.2, 0.25) is 5.02 Å². The summed E-state index contributed by atoms with van der Waals surface area (Å²) in [6, 6.07) is 11.4. The minimum Gasteiger partial charge on any atom is -0.495 e. The number of carbonyl (C=O) groups is 1. The molecule has 0 saturated carbocycles. The third-order valence-corrected chi connectivity index (χ3v) is 5.52. The monoisotopic (exact) mass is 401 g/mol. The zero-order valence-corrected chi connectivity index (χ0v) is 17.1. The summed E-state index contributed by atoms with van der Waals surface area (Å²) in [7, 11) is 1.57. The Kier molecular flexibility index (Phi) is 7.69. The van der Waals surface area contributed by atoms with Crippen LogP contribution in [-0.4, -0.2) is 42.5 Å². The summed E-state index contributed by atoms with van der Waals surface area (Å²) in [5.74, 6) is 1.21. The lowest BCUT2D eigenvalue weighted by atomic mass is 9.93. The van der Waals surface area contributed by atoms with E-state index in [4.69, 9.17) is 16.3 Å². The number of piperidine rings is 1. The van der Waals surface area contributed by atoms with E-state index in [0.717, 1.165) is 38.2 Å². The SMILES string of the molecule is COc1ccc(NC(=O)CC[C@H]2CCCN(CCc3ccccn3)C2)cc1Cl. The summed E-state index contributed by atoms with van der Waals surface area (Å²) in [5, 5.41) is 3.43. The van der Waals surface area contributed by atoms with E-state index in [1.807, 2.05) is 24.4 Å². The molecular formula is C22H28ClN3O2. The summed E-state index contributed by atoms with van der Waals surface area (Å²) >= 11 is 6.12. The van der Waals surface area contributed by atoms with Crippen LogP contribution in [-0.2, 0) is 11.2 Å². The molecule has 28 heavy (non-hydrogen) atoms. The van der Waals surface area contributed by atoms with Crippen molar-refractivity contribution in [1.29, 1.82) is 0 Å². The first-order chi connectivity index (χ1) is 13.6. The number of anilines is 1. The molecule has 1 saturated heterocycles. The van der Waals surface area contributed by atoms with Crippen molar-refractivity contribution >= 4 is 23.2 Å². The molecule has 150 valence electrons. The summed E-state index contributed by atoms with van der Waals surface area (Å²) in [6.45, 7) is 3.23. The Morgan fingerprint density at radius 3 is 3.00 bits per heavy atom. The van der Waals surface area contributed by atoms with Gasteiger partial charge >= 0.3 is 0 Å². The molecular weight excluding hydrogens is 374 g/mol. The molecule has 1 N–H and O–H groups in total. The van der Waals surface area contributed by atoms with Gasteiger partial charge < -0.3 is 15.0 Å². The second-order valence-corrected chi connectivity index (χ2v) is 7.72. The molecule has 6 heteroatoms. The number of hydrogen-bond donors (Lipinski definition) is 1. The van der Waals surface area contributed by atoms with Crippen LogP contribution in [0.15, 0.2) is 42.6 Å². The van der Waals surface area contributed by atoms with Crippen LogP contribution in [0, 0.1) is 5.92 Å². The van der Waals surface area contributed by atoms with Gasteiger partial charge in [-0.1, -0.05) is 17.7 Å². The predicted molar refractivity (Wildman–Crippen MR) is 113 cm³/mol. The number of amides is 1. The number of ether oxygens (including phenoxy) is 1. The Balaban J connectivity index is 1.41. The largest absolute Gasteiger partial charge is 0.495 e. The molecule has 0 spiro atoms. The van der Waals surface area contributed by atoms with E-state index in [-0.39, 0.29) is 5.91 Å². The molecule has 1 fully saturated rings. The molecule has 1 aromatic heterocycles. The Morgan fingerprint density at radius 2 is 2.25 bits per heavy atom. The highest BCUT2D eigenvalue weighted by Gasteiger charge is 2.20. The van der Waals surface area contributed by atoms with Crippen LogP contribution in [0.1, 0.15) is 31.4 Å². The lowest BCUT2D eigenvalue weighted by Gasteiger charge is -2.32. The number of benzene rings is 1. The van der Waals surface area contributed by atoms with Crippen LogP contribution >= 0.6 is 11.6 Å². The van der Waals surface area contributed by atoms with E-state index < -0.39 is 0 Å². The van der Waals surface area contributed by atoms with Gasteiger partial charge in [0.2, 0.25) is 5.91 Å². The average molecular weight is 402 g/mol. The zero-order valence-electron chi connectivity index (χ0n) is 16.4. The van der Waals surface area contributed by atoms with Gasteiger partial charge in [-0.15, -0.1) is 0 Å². The highest BCUT2D eigenvalue weighted by Crippen LogP contribution is 2.27. The van der Waals surface area contributed by atoms with E-state index >= 15 is 0 Å². The highest BCUT2D eigenvalue weighted by molar-refractivity contribution is 6.32. The number of pyridine rings is 1. The third kappa shape index (κ3) is 6.21. The fourth-order valence-corrected chi connectivity index (χ4v) is 3.97. The van der Waals surface area contributed by atoms with Crippen molar-refractivity contribution < 1.29 is 9.53 Å². The third-order valence-electron chi connectivity index (χ3n) is 5.23. The number of carbonyl (C=O) groups excluding carboxylic acids is 1. The van der Waals surface area contributed by atoms with Gasteiger partial charge in [0.25, 0.3) is 0 Å². The number of nitrogens with zero attached hydrogens (tertiary/aromatic N) is 2. The van der Waals surface area contributed by atoms with Crippen molar-refractivity contribution in [2.45, 2.75) is 32.1 Å². The maximum absolute atomic E-state index is 12.3. The van der Waals surface area contributed by atoms with Gasteiger partial charge in [0.1, 0.15) is 5.75 Å². The van der Waals surface area contributed by atoms with E-state index in [9.17, 15) is 4.79 Å². The number of rotatable bonds is 8. The van der Waals surface area contributed by atoms with Gasteiger partial charge in [-0.25, -0.2) is 0 Å². The van der Waals surface area contributed by atoms with Crippen molar-refractivity contribution in [1.82, 2.24) is 9.88 Å².